The average Bonchev–Trinajstić information content (AvgIpc) is 0.900. The van der Waals surface area contributed by atoms with Gasteiger partial charge in [0.05, 0.1) is 60.2 Å². The number of carboxylic acid groups (broad SMARTS) is 2. The molecule has 5 fully saturated rings. The van der Waals surface area contributed by atoms with Gasteiger partial charge in [0.2, 0.25) is 14.2 Å². The summed E-state index contributed by atoms with van der Waals surface area (Å²) >= 11 is 18.4. The molecule has 0 atom stereocenters. The summed E-state index contributed by atoms with van der Waals surface area (Å²) in [5.74, 6) is 0.315. The molecule has 0 amide bonds. The van der Waals surface area contributed by atoms with Crippen LogP contribution in [0.4, 0.5) is 0 Å². The summed E-state index contributed by atoms with van der Waals surface area (Å²) in [6, 6.07) is 50.6. The van der Waals surface area contributed by atoms with E-state index in [9.17, 15) is 24.3 Å². The summed E-state index contributed by atoms with van der Waals surface area (Å²) < 4.78 is 26.4. The van der Waals surface area contributed by atoms with Crippen molar-refractivity contribution in [2.24, 2.45) is 4.30 Å². The van der Waals surface area contributed by atoms with Gasteiger partial charge in [0.25, 0.3) is 0 Å². The molecule has 4 saturated carbocycles. The van der Waals surface area contributed by atoms with E-state index in [2.05, 4.69) is 229 Å². The molecule has 1 saturated heterocycles. The van der Waals surface area contributed by atoms with Crippen molar-refractivity contribution in [3.05, 3.63) is 188 Å². The number of aromatic nitrogens is 12. The van der Waals surface area contributed by atoms with E-state index in [1.54, 1.807) is 6.33 Å². The molecule has 5 heterocycles. The number of thiol groups is 1. The van der Waals surface area contributed by atoms with E-state index >= 15 is 0 Å². The Hall–Kier alpha value is -5.35. The normalized spacial score (nSPS) is 13.6. The van der Waals surface area contributed by atoms with Crippen molar-refractivity contribution >= 4 is 199 Å². The van der Waals surface area contributed by atoms with Crippen molar-refractivity contribution in [3.63, 3.8) is 0 Å². The number of hydrogen-bond donors (Lipinski definition) is 2. The quantitative estimate of drug-likeness (QED) is 0.0310. The summed E-state index contributed by atoms with van der Waals surface area (Å²) in [6.07, 6.45) is 14.3. The molecule has 4 aromatic heterocycles. The van der Waals surface area contributed by atoms with Crippen LogP contribution in [0.3, 0.4) is 0 Å². The third kappa shape index (κ3) is 23.5. The predicted molar refractivity (Wildman–Crippen MR) is 439 cm³/mol. The minimum Gasteiger partial charge on any atom is -0.870 e. The van der Waals surface area contributed by atoms with E-state index in [4.69, 9.17) is 19.3 Å². The molecular formula is C74H73BBr4N13Na2O11S5. The van der Waals surface area contributed by atoms with Crippen molar-refractivity contribution in [2.45, 2.75) is 109 Å². The third-order valence-corrected chi connectivity index (χ3v) is 22.8. The first-order chi connectivity index (χ1) is 51.2. The van der Waals surface area contributed by atoms with E-state index in [0.717, 1.165) is 75.6 Å². The van der Waals surface area contributed by atoms with Crippen molar-refractivity contribution < 1.29 is 114 Å². The van der Waals surface area contributed by atoms with Gasteiger partial charge in [0.1, 0.15) is 6.33 Å². The maximum Gasteiger partial charge on any atom is 1.00 e. The number of benzene rings is 8. The number of carboxylic acids is 2. The number of hydrogen-bond acceptors (Lipinski definition) is 23. The zero-order chi connectivity index (χ0) is 73.5. The van der Waals surface area contributed by atoms with Crippen LogP contribution in [0, 0.1) is 0 Å². The van der Waals surface area contributed by atoms with Crippen LogP contribution in [0.1, 0.15) is 110 Å². The summed E-state index contributed by atoms with van der Waals surface area (Å²) in [7, 11) is 7.11. The molecule has 0 spiro atoms. The van der Waals surface area contributed by atoms with Crippen LogP contribution >= 0.6 is 125 Å². The van der Waals surface area contributed by atoms with Crippen LogP contribution in [-0.2, 0) is 33.4 Å². The monoisotopic (exact) mass is 1850 g/mol. The Balaban J connectivity index is 0.000000194. The number of rotatable bonds is 20. The van der Waals surface area contributed by atoms with Crippen LogP contribution in [0.5, 0.6) is 0 Å². The zero-order valence-electron chi connectivity index (χ0n) is 60.2. The standard InChI is InChI=1S/C18H16BrN3O2S.C18H17N3O2S.2C17H14BrN3O2S.C4H8O.BHNS.BrH.2Na.2H2O/c1-24-16(23)10-25-18-21-20-17(19)22(18)15-9-8-12(11-6-7-11)13-4-2-3-5-14(13)15;1-23-17(22)10-24-18-20-19-11-21(18)16-9-8-13(12-6-7-12)14-4-2-3-5-15(14)16;2*18-16-19-20-17(24-9-15(22)23)21(16)14-8-7-11(10-5-6-10)12-3-1-2-4-13(12)14;1-2-4-5-3-1;1-2-3;;;;;/h2-5,8-9,11H,6-7,10H2,1H3;2-5,8-9,11-12H,6-7,10H2,1H3;2*1-4,7-8,10H,5-6,9H2,(H,22,23);1-4H2;3H;1H;;;2*1H2/q;;;;;;;2*+1;;/p-2. The largest absolute Gasteiger partial charge is 1.00 e. The molecule has 8 aromatic carbocycles. The first kappa shape index (κ1) is 91.8. The van der Waals surface area contributed by atoms with Gasteiger partial charge < -0.3 is 40.2 Å². The second-order valence-corrected chi connectivity index (χ2v) is 30.9. The Labute approximate surface area is 738 Å². The number of thioether (sulfide) groups is 4. The molecule has 17 rings (SSSR count). The van der Waals surface area contributed by atoms with Crippen molar-refractivity contribution in [1.82, 2.24) is 59.1 Å². The van der Waals surface area contributed by atoms with Crippen LogP contribution in [0.25, 0.3) is 65.8 Å². The Kier molecular flexibility index (Phi) is 37.2. The van der Waals surface area contributed by atoms with E-state index in [-0.39, 0.29) is 122 Å². The first-order valence-corrected chi connectivity index (χ1v) is 40.4. The Bertz CT molecular complexity index is 4990. The Morgan fingerprint density at radius 3 is 1.07 bits per heavy atom. The summed E-state index contributed by atoms with van der Waals surface area (Å²) in [5.41, 5.74) is 9.53. The maximum absolute atomic E-state index is 11.5. The fraction of sp³-hybridized carbons (Fsp3) is 0.297. The smallest absolute Gasteiger partial charge is 0.870 e. The van der Waals surface area contributed by atoms with E-state index < -0.39 is 11.9 Å². The number of esters is 2. The molecule has 24 nitrogen and oxygen atoms in total. The van der Waals surface area contributed by atoms with E-state index in [1.807, 2.05) is 48.6 Å². The van der Waals surface area contributed by atoms with E-state index in [0.29, 0.717) is 58.5 Å². The number of methoxy groups -OCH3 is 2. The summed E-state index contributed by atoms with van der Waals surface area (Å²) in [5, 5.41) is 64.5. The van der Waals surface area contributed by atoms with Gasteiger partial charge in [-0.3, -0.25) is 32.7 Å². The average molecular weight is 1860 g/mol. The summed E-state index contributed by atoms with van der Waals surface area (Å²) in [6.45, 7) is 2.00. The van der Waals surface area contributed by atoms with Crippen molar-refractivity contribution in [3.8, 4) is 22.7 Å². The minimum absolute atomic E-state index is 0. The third-order valence-electron chi connectivity index (χ3n) is 17.7. The van der Waals surface area contributed by atoms with Crippen LogP contribution < -0.4 is 64.2 Å². The van der Waals surface area contributed by atoms with Crippen molar-refractivity contribution in [2.75, 3.05) is 50.4 Å². The number of ether oxygens (including phenoxy) is 3. The van der Waals surface area contributed by atoms with Gasteiger partial charge in [-0.05, 0) is 204 Å². The number of aliphatic carboxylic acids is 2. The van der Waals surface area contributed by atoms with Crippen LogP contribution in [0.2, 0.25) is 0 Å². The zero-order valence-corrected chi connectivity index (χ0v) is 74.9. The molecule has 1 aliphatic heterocycles. The Morgan fingerprint density at radius 2 is 0.782 bits per heavy atom. The number of carbonyl (C=O) groups excluding carboxylic acids is 3. The predicted octanol–water partition coefficient (Wildman–Crippen LogP) is 9.59. The minimum atomic E-state index is -1.13. The molecular weight excluding hydrogens is 1780 g/mol. The summed E-state index contributed by atoms with van der Waals surface area (Å²) in [4.78, 5) is 44.5. The van der Waals surface area contributed by atoms with Crippen molar-refractivity contribution in [1.29, 1.82) is 0 Å². The fourth-order valence-corrected chi connectivity index (χ4v) is 16.8. The molecule has 563 valence electrons. The molecule has 12 aromatic rings. The Morgan fingerprint density at radius 1 is 0.491 bits per heavy atom. The van der Waals surface area contributed by atoms with Gasteiger partial charge in [-0.1, -0.05) is 168 Å². The van der Waals surface area contributed by atoms with E-state index in [1.165, 1.54) is 151 Å². The SMILES string of the molecule is Br.C1CCOC1.COC(=O)CSc1nnc(Br)n1-c1ccc(C2CC2)c2ccccc12.COC(=O)CSc1nncn1-c1ccc(C2CC2)c2ccccc12.O.O=C(O)CSc1nnc(Br)n1-c1ccc(C2CC2)c2ccccc12.O=C([O-])CSc1nnc(Br)n1-c1ccc(C2CC2)c2ccccc12.[B]=NS.[Na+].[Na+].[OH-]. The molecule has 5 aliphatic rings. The molecule has 4 N–H and O–H groups in total. The van der Waals surface area contributed by atoms with Gasteiger partial charge in [-0.2, -0.15) is 0 Å². The fourth-order valence-electron chi connectivity index (χ4n) is 12.3. The van der Waals surface area contributed by atoms with Crippen LogP contribution in [0.15, 0.2) is 191 Å². The topological polar surface area (TPSA) is 336 Å². The first-order valence-electron chi connectivity index (χ1n) is 33.7. The van der Waals surface area contributed by atoms with Crippen LogP contribution in [-0.4, -0.2) is 157 Å². The number of fused-ring (bicyclic) bond motifs is 4. The second kappa shape index (κ2) is 44.5. The van der Waals surface area contributed by atoms with Gasteiger partial charge in [-0.25, -0.2) is 0 Å². The van der Waals surface area contributed by atoms with Gasteiger partial charge in [0, 0.05) is 40.5 Å². The number of nitrogens with zero attached hydrogens (tertiary/aromatic N) is 13. The molecule has 4 aliphatic carbocycles. The molecule has 36 heteroatoms. The van der Waals surface area contributed by atoms with Gasteiger partial charge in [0.15, 0.2) is 20.6 Å². The molecule has 110 heavy (non-hydrogen) atoms. The second-order valence-electron chi connectivity index (χ2n) is 24.7. The number of carbonyl (C=O) groups is 4. The number of halogens is 4. The van der Waals surface area contributed by atoms with Gasteiger partial charge >= 0.3 is 102 Å². The molecule has 0 bridgehead atoms. The van der Waals surface area contributed by atoms with Gasteiger partial charge in [-0.15, -0.1) is 57.8 Å². The molecule has 1 radical (unpaired) electrons. The maximum atomic E-state index is 11.5. The molecule has 0 unspecified atom stereocenters.